The molecule has 0 bridgehead atoms. The van der Waals surface area contributed by atoms with Crippen molar-refractivity contribution in [1.82, 2.24) is 5.32 Å². The fourth-order valence-corrected chi connectivity index (χ4v) is 1.76. The van der Waals surface area contributed by atoms with Gasteiger partial charge in [0.25, 0.3) is 5.60 Å². The van der Waals surface area contributed by atoms with Crippen molar-refractivity contribution < 1.29 is 32.6 Å². The minimum atomic E-state index is -5.26. The van der Waals surface area contributed by atoms with Crippen LogP contribution in [0.2, 0.25) is 0 Å². The summed E-state index contributed by atoms with van der Waals surface area (Å²) in [4.78, 5) is 24.0. The number of urea groups is 1. The Bertz CT molecular complexity index is 559. The van der Waals surface area contributed by atoms with E-state index in [-0.39, 0.29) is 5.69 Å². The molecule has 22 heavy (non-hydrogen) atoms. The second-order valence-electron chi connectivity index (χ2n) is 4.36. The highest BCUT2D eigenvalue weighted by atomic mass is 19.4. The number of methoxy groups -OCH3 is 1. The number of hydrogen-bond acceptors (Lipinski definition) is 4. The smallest absolute Gasteiger partial charge is 0.432 e. The molecule has 0 spiro atoms. The number of benzene rings is 1. The van der Waals surface area contributed by atoms with Crippen molar-refractivity contribution in [3.8, 4) is 0 Å². The summed E-state index contributed by atoms with van der Waals surface area (Å²) in [5.74, 6) is -1.84. The SMILES string of the molecule is CNC(=O)N(C)c1ccc([C@@](O)(C(=O)OC)C(F)(F)F)cc1. The van der Waals surface area contributed by atoms with Gasteiger partial charge in [-0.15, -0.1) is 0 Å². The van der Waals surface area contributed by atoms with E-state index in [1.165, 1.54) is 26.2 Å². The van der Waals surface area contributed by atoms with E-state index in [4.69, 9.17) is 0 Å². The highest BCUT2D eigenvalue weighted by Crippen LogP contribution is 2.40. The van der Waals surface area contributed by atoms with Crippen LogP contribution >= 0.6 is 0 Å². The number of hydrogen-bond donors (Lipinski definition) is 2. The van der Waals surface area contributed by atoms with Crippen LogP contribution in [0.5, 0.6) is 0 Å². The first-order valence-electron chi connectivity index (χ1n) is 6.03. The number of carbonyl (C=O) groups is 2. The van der Waals surface area contributed by atoms with Gasteiger partial charge in [-0.2, -0.15) is 13.2 Å². The normalized spacial score (nSPS) is 14.0. The Morgan fingerprint density at radius 1 is 1.23 bits per heavy atom. The molecule has 0 saturated carbocycles. The fourth-order valence-electron chi connectivity index (χ4n) is 1.76. The van der Waals surface area contributed by atoms with Crippen molar-refractivity contribution in [2.24, 2.45) is 0 Å². The Morgan fingerprint density at radius 2 is 1.73 bits per heavy atom. The summed E-state index contributed by atoms with van der Waals surface area (Å²) in [6.45, 7) is 0. The van der Waals surface area contributed by atoms with E-state index in [1.54, 1.807) is 0 Å². The molecule has 0 radical (unpaired) electrons. The zero-order valence-electron chi connectivity index (χ0n) is 12.1. The molecule has 9 heteroatoms. The number of anilines is 1. The van der Waals surface area contributed by atoms with Gasteiger partial charge in [-0.25, -0.2) is 9.59 Å². The molecule has 0 fully saturated rings. The fraction of sp³-hybridized carbons (Fsp3) is 0.385. The average molecular weight is 320 g/mol. The van der Waals surface area contributed by atoms with Crippen molar-refractivity contribution in [2.75, 3.05) is 26.1 Å². The van der Waals surface area contributed by atoms with E-state index in [9.17, 15) is 27.9 Å². The molecule has 1 aromatic carbocycles. The predicted octanol–water partition coefficient (Wildman–Crippen LogP) is 1.39. The minimum Gasteiger partial charge on any atom is -0.466 e. The summed E-state index contributed by atoms with van der Waals surface area (Å²) in [5.41, 5.74) is -4.20. The molecule has 6 nitrogen and oxygen atoms in total. The number of alkyl halides is 3. The summed E-state index contributed by atoms with van der Waals surface area (Å²) in [5, 5.41) is 12.1. The molecule has 0 aliphatic heterocycles. The Morgan fingerprint density at radius 3 is 2.09 bits per heavy atom. The lowest BCUT2D eigenvalue weighted by Gasteiger charge is -2.28. The highest BCUT2D eigenvalue weighted by molar-refractivity contribution is 5.91. The molecular weight excluding hydrogens is 305 g/mol. The minimum absolute atomic E-state index is 0.275. The molecule has 0 aromatic heterocycles. The first-order chi connectivity index (χ1) is 10.1. The summed E-state index contributed by atoms with van der Waals surface area (Å²) in [6.07, 6.45) is -5.26. The second kappa shape index (κ2) is 6.22. The van der Waals surface area contributed by atoms with Gasteiger partial charge in [0.05, 0.1) is 7.11 Å². The number of esters is 1. The highest BCUT2D eigenvalue weighted by Gasteiger charge is 2.62. The van der Waals surface area contributed by atoms with Crippen LogP contribution < -0.4 is 10.2 Å². The quantitative estimate of drug-likeness (QED) is 0.825. The number of carbonyl (C=O) groups excluding carboxylic acids is 2. The maximum atomic E-state index is 13.0. The second-order valence-corrected chi connectivity index (χ2v) is 4.36. The van der Waals surface area contributed by atoms with Crippen LogP contribution in [-0.2, 0) is 15.1 Å². The topological polar surface area (TPSA) is 78.9 Å². The van der Waals surface area contributed by atoms with Crippen LogP contribution in [0.1, 0.15) is 5.56 Å². The number of nitrogens with one attached hydrogen (secondary N) is 1. The molecule has 1 atom stereocenters. The summed E-state index contributed by atoms with van der Waals surface area (Å²) in [6, 6.07) is 3.67. The summed E-state index contributed by atoms with van der Waals surface area (Å²) >= 11 is 0. The molecule has 0 unspecified atom stereocenters. The van der Waals surface area contributed by atoms with Crippen LogP contribution in [-0.4, -0.2) is 44.5 Å². The molecule has 2 amide bonds. The molecule has 0 saturated heterocycles. The number of aliphatic hydroxyl groups is 1. The molecule has 0 heterocycles. The predicted molar refractivity (Wildman–Crippen MR) is 71.3 cm³/mol. The third-order valence-corrected chi connectivity index (χ3v) is 3.08. The number of halogens is 3. The molecule has 1 aromatic rings. The Labute approximate surface area is 124 Å². The lowest BCUT2D eigenvalue weighted by atomic mass is 9.93. The third-order valence-electron chi connectivity index (χ3n) is 3.08. The lowest BCUT2D eigenvalue weighted by molar-refractivity contribution is -0.266. The Hall–Kier alpha value is -2.29. The van der Waals surface area contributed by atoms with Crippen LogP contribution in [0, 0.1) is 0 Å². The Balaban J connectivity index is 3.26. The van der Waals surface area contributed by atoms with E-state index in [1.807, 2.05) is 0 Å². The zero-order chi connectivity index (χ0) is 17.1. The lowest BCUT2D eigenvalue weighted by Crippen LogP contribution is -2.49. The van der Waals surface area contributed by atoms with Crippen LogP contribution in [0.25, 0.3) is 0 Å². The third kappa shape index (κ3) is 2.98. The zero-order valence-corrected chi connectivity index (χ0v) is 12.1. The van der Waals surface area contributed by atoms with Crippen molar-refractivity contribution in [2.45, 2.75) is 11.8 Å². The number of amides is 2. The molecule has 0 aliphatic carbocycles. The van der Waals surface area contributed by atoms with Gasteiger partial charge in [0.2, 0.25) is 0 Å². The van der Waals surface area contributed by atoms with Gasteiger partial charge in [-0.05, 0) is 12.1 Å². The van der Waals surface area contributed by atoms with Crippen LogP contribution in [0.15, 0.2) is 24.3 Å². The number of nitrogens with zero attached hydrogens (tertiary/aromatic N) is 1. The van der Waals surface area contributed by atoms with Gasteiger partial charge < -0.3 is 15.2 Å². The maximum absolute atomic E-state index is 13.0. The van der Waals surface area contributed by atoms with Crippen LogP contribution in [0.4, 0.5) is 23.7 Å². The van der Waals surface area contributed by atoms with E-state index >= 15 is 0 Å². The summed E-state index contributed by atoms with van der Waals surface area (Å²) < 4.78 is 43.2. The van der Waals surface area contributed by atoms with Gasteiger partial charge in [0.15, 0.2) is 0 Å². The van der Waals surface area contributed by atoms with Gasteiger partial charge in [0.1, 0.15) is 0 Å². The molecule has 1 rings (SSSR count). The average Bonchev–Trinajstić information content (AvgIpc) is 2.50. The summed E-state index contributed by atoms with van der Waals surface area (Å²) in [7, 11) is 3.55. The number of rotatable bonds is 3. The van der Waals surface area contributed by atoms with E-state index in [0.29, 0.717) is 0 Å². The monoisotopic (exact) mass is 320 g/mol. The molecular formula is C13H15F3N2O4. The Kier molecular flexibility index (Phi) is 5.02. The van der Waals surface area contributed by atoms with Crippen LogP contribution in [0.3, 0.4) is 0 Å². The molecule has 0 aliphatic rings. The largest absolute Gasteiger partial charge is 0.466 e. The van der Waals surface area contributed by atoms with Crippen molar-refractivity contribution >= 4 is 17.7 Å². The van der Waals surface area contributed by atoms with Gasteiger partial charge in [-0.3, -0.25) is 4.90 Å². The van der Waals surface area contributed by atoms with Crippen molar-refractivity contribution in [3.05, 3.63) is 29.8 Å². The van der Waals surface area contributed by atoms with E-state index in [2.05, 4.69) is 10.1 Å². The first-order valence-corrected chi connectivity index (χ1v) is 6.03. The molecule has 122 valence electrons. The number of ether oxygens (including phenoxy) is 1. The van der Waals surface area contributed by atoms with E-state index < -0.39 is 29.3 Å². The molecule has 2 N–H and O–H groups in total. The standard InChI is InChI=1S/C13H15F3N2O4/c1-17-11(20)18(2)9-6-4-8(5-7-9)12(21,10(19)22-3)13(14,15)16/h4-7,21H,1-3H3,(H,17,20)/t12-/m1/s1. The van der Waals surface area contributed by atoms with E-state index in [0.717, 1.165) is 24.1 Å². The van der Waals surface area contributed by atoms with Gasteiger partial charge in [0, 0.05) is 25.3 Å². The maximum Gasteiger partial charge on any atom is 0.432 e. The van der Waals surface area contributed by atoms with Gasteiger partial charge in [-0.1, -0.05) is 12.1 Å². The van der Waals surface area contributed by atoms with Crippen molar-refractivity contribution in [3.63, 3.8) is 0 Å². The first kappa shape index (κ1) is 17.8. The van der Waals surface area contributed by atoms with Crippen molar-refractivity contribution in [1.29, 1.82) is 0 Å². The van der Waals surface area contributed by atoms with Gasteiger partial charge >= 0.3 is 18.2 Å².